The Morgan fingerprint density at radius 1 is 1.00 bits per heavy atom. The molecule has 2 aromatic carbocycles. The van der Waals surface area contributed by atoms with Crippen molar-refractivity contribution in [2.75, 3.05) is 5.32 Å². The van der Waals surface area contributed by atoms with Gasteiger partial charge in [0, 0.05) is 30.4 Å². The van der Waals surface area contributed by atoms with Gasteiger partial charge in [0.2, 0.25) is 11.8 Å². The SMILES string of the molecule is O=C1CCC(N2C(=O)c3cccc(NCc4cnn(-c5ccccc5)c4)c3C2=O)C(=O)N1. The lowest BCUT2D eigenvalue weighted by molar-refractivity contribution is -0.136. The Bertz CT molecular complexity index is 1250. The number of carbonyl (C=O) groups is 4. The monoisotopic (exact) mass is 429 g/mol. The number of benzene rings is 2. The Morgan fingerprint density at radius 2 is 1.81 bits per heavy atom. The van der Waals surface area contributed by atoms with Crippen molar-refractivity contribution < 1.29 is 19.2 Å². The zero-order chi connectivity index (χ0) is 22.2. The van der Waals surface area contributed by atoms with Crippen LogP contribution in [-0.2, 0) is 16.1 Å². The van der Waals surface area contributed by atoms with Gasteiger partial charge in [-0.2, -0.15) is 5.10 Å². The first kappa shape index (κ1) is 19.7. The number of nitrogens with one attached hydrogen (secondary N) is 2. The molecule has 0 aliphatic carbocycles. The van der Waals surface area contributed by atoms with Crippen molar-refractivity contribution in [2.24, 2.45) is 0 Å². The number of hydrogen-bond donors (Lipinski definition) is 2. The molecule has 9 heteroatoms. The van der Waals surface area contributed by atoms with E-state index in [4.69, 9.17) is 0 Å². The summed E-state index contributed by atoms with van der Waals surface area (Å²) in [6, 6.07) is 13.7. The summed E-state index contributed by atoms with van der Waals surface area (Å²) in [5.41, 5.74) is 2.80. The van der Waals surface area contributed by atoms with Crippen LogP contribution < -0.4 is 10.6 Å². The average Bonchev–Trinajstić information content (AvgIpc) is 3.37. The Hall–Kier alpha value is -4.27. The van der Waals surface area contributed by atoms with Gasteiger partial charge in [0.05, 0.1) is 23.0 Å². The van der Waals surface area contributed by atoms with Gasteiger partial charge in [-0.1, -0.05) is 24.3 Å². The second kappa shape index (κ2) is 7.77. The van der Waals surface area contributed by atoms with E-state index in [1.165, 1.54) is 0 Å². The number of nitrogens with zero attached hydrogens (tertiary/aromatic N) is 3. The van der Waals surface area contributed by atoms with Crippen LogP contribution in [0.5, 0.6) is 0 Å². The maximum Gasteiger partial charge on any atom is 0.264 e. The predicted octanol–water partition coefficient (Wildman–Crippen LogP) is 1.89. The van der Waals surface area contributed by atoms with Gasteiger partial charge in [-0.25, -0.2) is 4.68 Å². The Kier molecular flexibility index (Phi) is 4.78. The number of piperidine rings is 1. The van der Waals surface area contributed by atoms with Crippen molar-refractivity contribution in [3.8, 4) is 5.69 Å². The summed E-state index contributed by atoms with van der Waals surface area (Å²) < 4.78 is 1.76. The van der Waals surface area contributed by atoms with Crippen LogP contribution in [-0.4, -0.2) is 44.4 Å². The highest BCUT2D eigenvalue weighted by Gasteiger charge is 2.45. The zero-order valence-electron chi connectivity index (χ0n) is 16.9. The van der Waals surface area contributed by atoms with Gasteiger partial charge in [-0.05, 0) is 30.7 Å². The Morgan fingerprint density at radius 3 is 2.59 bits per heavy atom. The fourth-order valence-corrected chi connectivity index (χ4v) is 4.03. The van der Waals surface area contributed by atoms with E-state index in [0.29, 0.717) is 12.2 Å². The summed E-state index contributed by atoms with van der Waals surface area (Å²) in [6.45, 7) is 0.392. The van der Waals surface area contributed by atoms with Gasteiger partial charge in [-0.3, -0.25) is 29.4 Å². The van der Waals surface area contributed by atoms with E-state index in [0.717, 1.165) is 16.2 Å². The summed E-state index contributed by atoms with van der Waals surface area (Å²) in [5.74, 6) is -2.09. The second-order valence-electron chi connectivity index (χ2n) is 7.66. The van der Waals surface area contributed by atoms with Crippen LogP contribution in [0.3, 0.4) is 0 Å². The van der Waals surface area contributed by atoms with Crippen molar-refractivity contribution in [3.63, 3.8) is 0 Å². The van der Waals surface area contributed by atoms with Gasteiger partial charge < -0.3 is 5.32 Å². The number of aromatic nitrogens is 2. The van der Waals surface area contributed by atoms with Gasteiger partial charge in [0.1, 0.15) is 6.04 Å². The maximum absolute atomic E-state index is 13.1. The highest BCUT2D eigenvalue weighted by atomic mass is 16.2. The molecular weight excluding hydrogens is 410 g/mol. The maximum atomic E-state index is 13.1. The van der Waals surface area contributed by atoms with Gasteiger partial charge in [0.15, 0.2) is 0 Å². The van der Waals surface area contributed by atoms with E-state index < -0.39 is 29.7 Å². The molecular formula is C23H19N5O4. The third kappa shape index (κ3) is 3.33. The standard InChI is InChI=1S/C23H19N5O4/c29-19-10-9-18(21(30)26-19)28-22(31)16-7-4-8-17(20(16)23(28)32)24-11-14-12-25-27(13-14)15-5-2-1-3-6-15/h1-8,12-13,18,24H,9-11H2,(H,26,29,30). The van der Waals surface area contributed by atoms with Crippen LogP contribution >= 0.6 is 0 Å². The summed E-state index contributed by atoms with van der Waals surface area (Å²) in [6.07, 6.45) is 3.82. The Balaban J connectivity index is 1.36. The van der Waals surface area contributed by atoms with Gasteiger partial charge >= 0.3 is 0 Å². The van der Waals surface area contributed by atoms with Crippen LogP contribution in [0.1, 0.15) is 39.1 Å². The molecule has 0 bridgehead atoms. The number of fused-ring (bicyclic) bond motifs is 1. The van der Waals surface area contributed by atoms with Crippen LogP contribution in [0.4, 0.5) is 5.69 Å². The third-order valence-electron chi connectivity index (χ3n) is 5.61. The quantitative estimate of drug-likeness (QED) is 0.599. The topological polar surface area (TPSA) is 113 Å². The number of hydrogen-bond acceptors (Lipinski definition) is 6. The molecule has 2 N–H and O–H groups in total. The smallest absolute Gasteiger partial charge is 0.264 e. The lowest BCUT2D eigenvalue weighted by atomic mass is 10.0. The van der Waals surface area contributed by atoms with Crippen molar-refractivity contribution >= 4 is 29.3 Å². The number of imide groups is 2. The number of amides is 4. The number of carbonyl (C=O) groups excluding carboxylic acids is 4. The number of rotatable bonds is 5. The zero-order valence-corrected chi connectivity index (χ0v) is 16.9. The van der Waals surface area contributed by atoms with Crippen molar-refractivity contribution in [1.82, 2.24) is 20.0 Å². The molecule has 1 atom stereocenters. The molecule has 5 rings (SSSR count). The fourth-order valence-electron chi connectivity index (χ4n) is 4.03. The minimum Gasteiger partial charge on any atom is -0.380 e. The van der Waals surface area contributed by atoms with E-state index in [-0.39, 0.29) is 24.0 Å². The van der Waals surface area contributed by atoms with E-state index in [1.54, 1.807) is 29.1 Å². The highest BCUT2D eigenvalue weighted by Crippen LogP contribution is 2.32. The molecule has 1 saturated heterocycles. The summed E-state index contributed by atoms with van der Waals surface area (Å²) >= 11 is 0. The molecule has 1 fully saturated rings. The minimum absolute atomic E-state index is 0.0837. The number of para-hydroxylation sites is 1. The molecule has 160 valence electrons. The largest absolute Gasteiger partial charge is 0.380 e. The summed E-state index contributed by atoms with van der Waals surface area (Å²) in [7, 11) is 0. The molecule has 0 spiro atoms. The summed E-state index contributed by atoms with van der Waals surface area (Å²) in [4.78, 5) is 50.7. The van der Waals surface area contributed by atoms with Crippen molar-refractivity contribution in [1.29, 1.82) is 0 Å². The lowest BCUT2D eigenvalue weighted by Gasteiger charge is -2.27. The molecule has 3 heterocycles. The third-order valence-corrected chi connectivity index (χ3v) is 5.61. The lowest BCUT2D eigenvalue weighted by Crippen LogP contribution is -2.54. The number of anilines is 1. The first-order valence-corrected chi connectivity index (χ1v) is 10.2. The normalized spacial score (nSPS) is 18.0. The van der Waals surface area contributed by atoms with Gasteiger partial charge in [-0.15, -0.1) is 0 Å². The van der Waals surface area contributed by atoms with E-state index >= 15 is 0 Å². The van der Waals surface area contributed by atoms with Crippen molar-refractivity contribution in [3.05, 3.63) is 77.6 Å². The van der Waals surface area contributed by atoms with Crippen molar-refractivity contribution in [2.45, 2.75) is 25.4 Å². The Labute approximate surface area is 183 Å². The van der Waals surface area contributed by atoms with Crippen LogP contribution in [0.2, 0.25) is 0 Å². The second-order valence-corrected chi connectivity index (χ2v) is 7.66. The molecule has 0 saturated carbocycles. The predicted molar refractivity (Wildman–Crippen MR) is 114 cm³/mol. The first-order valence-electron chi connectivity index (χ1n) is 10.2. The fraction of sp³-hybridized carbons (Fsp3) is 0.174. The first-order chi connectivity index (χ1) is 15.5. The van der Waals surface area contributed by atoms with Gasteiger partial charge in [0.25, 0.3) is 11.8 Å². The van der Waals surface area contributed by atoms with Crippen LogP contribution in [0.25, 0.3) is 5.69 Å². The molecule has 2 aliphatic rings. The average molecular weight is 429 g/mol. The molecule has 1 aromatic heterocycles. The van der Waals surface area contributed by atoms with E-state index in [2.05, 4.69) is 15.7 Å². The molecule has 32 heavy (non-hydrogen) atoms. The molecule has 0 radical (unpaired) electrons. The summed E-state index contributed by atoms with van der Waals surface area (Å²) in [5, 5.41) is 9.77. The molecule has 4 amide bonds. The molecule has 3 aromatic rings. The van der Waals surface area contributed by atoms with Crippen LogP contribution in [0.15, 0.2) is 60.9 Å². The van der Waals surface area contributed by atoms with Crippen LogP contribution in [0, 0.1) is 0 Å². The highest BCUT2D eigenvalue weighted by molar-refractivity contribution is 6.25. The van der Waals surface area contributed by atoms with E-state index in [1.807, 2.05) is 36.5 Å². The van der Waals surface area contributed by atoms with E-state index in [9.17, 15) is 19.2 Å². The molecule has 1 unspecified atom stereocenters. The molecule has 9 nitrogen and oxygen atoms in total. The minimum atomic E-state index is -0.989. The molecule has 2 aliphatic heterocycles.